The average molecular weight is 350 g/mol. The summed E-state index contributed by atoms with van der Waals surface area (Å²) in [7, 11) is 0. The van der Waals surface area contributed by atoms with Gasteiger partial charge in [-0.1, -0.05) is 30.3 Å². The van der Waals surface area contributed by atoms with E-state index in [-0.39, 0.29) is 11.7 Å². The second kappa shape index (κ2) is 6.03. The van der Waals surface area contributed by atoms with Crippen molar-refractivity contribution in [2.24, 2.45) is 5.10 Å². The summed E-state index contributed by atoms with van der Waals surface area (Å²) in [5.41, 5.74) is 4.17. The Morgan fingerprint density at radius 3 is 3.04 bits per heavy atom. The molecule has 0 fully saturated rings. The lowest BCUT2D eigenvalue weighted by atomic mass is 10.0. The molecule has 4 rings (SSSR count). The molecule has 0 saturated carbocycles. The Hall–Kier alpha value is -3.19. The molecule has 1 amide bonds. The van der Waals surface area contributed by atoms with Crippen molar-refractivity contribution in [3.8, 4) is 5.75 Å². The van der Waals surface area contributed by atoms with Crippen LogP contribution in [0.3, 0.4) is 0 Å². The molecule has 0 radical (unpaired) electrons. The van der Waals surface area contributed by atoms with Crippen molar-refractivity contribution in [2.75, 3.05) is 0 Å². The maximum Gasteiger partial charge on any atom is 0.290 e. The van der Waals surface area contributed by atoms with Gasteiger partial charge >= 0.3 is 0 Å². The van der Waals surface area contributed by atoms with Crippen molar-refractivity contribution < 1.29 is 9.90 Å². The Labute approximate surface area is 147 Å². The van der Waals surface area contributed by atoms with Gasteiger partial charge in [0, 0.05) is 17.1 Å². The Balaban J connectivity index is 1.63. The third kappa shape index (κ3) is 2.64. The van der Waals surface area contributed by atoms with Crippen LogP contribution in [-0.2, 0) is 0 Å². The third-order valence-electron chi connectivity index (χ3n) is 3.96. The van der Waals surface area contributed by atoms with E-state index in [1.54, 1.807) is 23.6 Å². The summed E-state index contributed by atoms with van der Waals surface area (Å²) in [6, 6.07) is 11.1. The number of aromatic nitrogens is 2. The number of aryl methyl sites for hydroxylation is 1. The molecular formula is C18H14N4O2S. The monoisotopic (exact) mass is 350 g/mol. The number of fused-ring (bicyclic) bond motifs is 2. The molecule has 0 aliphatic carbocycles. The molecule has 6 nitrogen and oxygen atoms in total. The molecule has 2 aromatic heterocycles. The lowest BCUT2D eigenvalue weighted by Crippen LogP contribution is -2.20. The number of amides is 1. The number of carbonyl (C=O) groups is 1. The predicted molar refractivity (Wildman–Crippen MR) is 98.5 cm³/mol. The summed E-state index contributed by atoms with van der Waals surface area (Å²) in [5.74, 6) is -0.239. The van der Waals surface area contributed by atoms with Gasteiger partial charge < -0.3 is 5.11 Å². The van der Waals surface area contributed by atoms with E-state index in [2.05, 4.69) is 15.5 Å². The minimum atomic E-state index is -0.348. The summed E-state index contributed by atoms with van der Waals surface area (Å²) in [5, 5.41) is 17.8. The van der Waals surface area contributed by atoms with Crippen molar-refractivity contribution >= 4 is 39.2 Å². The van der Waals surface area contributed by atoms with Crippen LogP contribution in [-0.4, -0.2) is 26.6 Å². The first-order chi connectivity index (χ1) is 12.1. The molecule has 0 atom stereocenters. The molecule has 124 valence electrons. The number of thiazole rings is 1. The molecule has 2 N–H and O–H groups in total. The van der Waals surface area contributed by atoms with E-state index in [1.807, 2.05) is 35.7 Å². The maximum atomic E-state index is 12.4. The smallest absolute Gasteiger partial charge is 0.290 e. The first-order valence-electron chi connectivity index (χ1n) is 7.61. The third-order valence-corrected chi connectivity index (χ3v) is 4.72. The zero-order chi connectivity index (χ0) is 17.4. The van der Waals surface area contributed by atoms with E-state index in [4.69, 9.17) is 0 Å². The van der Waals surface area contributed by atoms with Crippen molar-refractivity contribution in [1.29, 1.82) is 0 Å². The quantitative estimate of drug-likeness (QED) is 0.439. The Bertz CT molecular complexity index is 1130. The van der Waals surface area contributed by atoms with Crippen LogP contribution in [0.25, 0.3) is 15.7 Å². The molecule has 0 saturated heterocycles. The largest absolute Gasteiger partial charge is 0.507 e. The van der Waals surface area contributed by atoms with Crippen molar-refractivity contribution in [2.45, 2.75) is 6.92 Å². The zero-order valence-corrected chi connectivity index (χ0v) is 14.1. The molecule has 2 heterocycles. The van der Waals surface area contributed by atoms with Gasteiger partial charge in [0.25, 0.3) is 5.91 Å². The molecular weight excluding hydrogens is 336 g/mol. The van der Waals surface area contributed by atoms with Gasteiger partial charge in [-0.05, 0) is 23.8 Å². The van der Waals surface area contributed by atoms with E-state index in [9.17, 15) is 9.90 Å². The predicted octanol–water partition coefficient (Wildman–Crippen LogP) is 3.33. The minimum Gasteiger partial charge on any atom is -0.507 e. The van der Waals surface area contributed by atoms with Crippen molar-refractivity contribution in [3.63, 3.8) is 0 Å². The van der Waals surface area contributed by atoms with Gasteiger partial charge in [0.2, 0.25) is 0 Å². The van der Waals surface area contributed by atoms with Gasteiger partial charge in [0.1, 0.15) is 11.4 Å². The van der Waals surface area contributed by atoms with Gasteiger partial charge in [0.05, 0.1) is 11.9 Å². The topological polar surface area (TPSA) is 79.0 Å². The Morgan fingerprint density at radius 1 is 1.32 bits per heavy atom. The summed E-state index contributed by atoms with van der Waals surface area (Å²) < 4.78 is 1.74. The van der Waals surface area contributed by atoms with Gasteiger partial charge in [0.15, 0.2) is 4.96 Å². The van der Waals surface area contributed by atoms with Crippen LogP contribution < -0.4 is 5.43 Å². The van der Waals surface area contributed by atoms with Crippen LogP contribution in [0.5, 0.6) is 5.75 Å². The van der Waals surface area contributed by atoms with Gasteiger partial charge in [-0.15, -0.1) is 11.3 Å². The Kier molecular flexibility index (Phi) is 3.70. The number of hydrogen-bond donors (Lipinski definition) is 2. The summed E-state index contributed by atoms with van der Waals surface area (Å²) in [4.78, 5) is 17.5. The second-order valence-corrected chi connectivity index (χ2v) is 6.39. The highest BCUT2D eigenvalue weighted by Gasteiger charge is 2.16. The fourth-order valence-electron chi connectivity index (χ4n) is 2.80. The van der Waals surface area contributed by atoms with Crippen LogP contribution in [0.2, 0.25) is 0 Å². The number of nitrogens with one attached hydrogen (secondary N) is 1. The number of carbonyl (C=O) groups excluding carboxylic acids is 1. The molecule has 0 unspecified atom stereocenters. The van der Waals surface area contributed by atoms with E-state index < -0.39 is 0 Å². The number of benzene rings is 2. The first-order valence-corrected chi connectivity index (χ1v) is 8.49. The summed E-state index contributed by atoms with van der Waals surface area (Å²) >= 11 is 1.46. The molecule has 0 spiro atoms. The number of imidazole rings is 1. The number of hydrogen-bond acceptors (Lipinski definition) is 5. The minimum absolute atomic E-state index is 0.109. The number of phenolic OH excluding ortho intramolecular Hbond substituents is 1. The van der Waals surface area contributed by atoms with Crippen molar-refractivity contribution in [3.05, 3.63) is 64.9 Å². The number of hydrazone groups is 1. The van der Waals surface area contributed by atoms with E-state index >= 15 is 0 Å². The standard InChI is InChI=1S/C18H14N4O2S/c1-11-16(22-8-9-25-18(22)20-11)17(24)21-19-10-14-13-5-3-2-4-12(13)6-7-15(14)23/h2-10,23H,1H3,(H,21,24)/b19-10-. The Morgan fingerprint density at radius 2 is 2.16 bits per heavy atom. The summed E-state index contributed by atoms with van der Waals surface area (Å²) in [6.07, 6.45) is 3.26. The lowest BCUT2D eigenvalue weighted by molar-refractivity contribution is 0.0948. The van der Waals surface area contributed by atoms with E-state index in [0.717, 1.165) is 15.7 Å². The molecule has 0 aliphatic heterocycles. The van der Waals surface area contributed by atoms with Crippen LogP contribution in [0.1, 0.15) is 21.7 Å². The number of rotatable bonds is 3. The van der Waals surface area contributed by atoms with Crippen LogP contribution >= 0.6 is 11.3 Å². The van der Waals surface area contributed by atoms with E-state index in [1.165, 1.54) is 17.6 Å². The van der Waals surface area contributed by atoms with Crippen LogP contribution in [0, 0.1) is 6.92 Å². The molecule has 4 aromatic rings. The fourth-order valence-corrected chi connectivity index (χ4v) is 3.56. The highest BCUT2D eigenvalue weighted by Crippen LogP contribution is 2.25. The lowest BCUT2D eigenvalue weighted by Gasteiger charge is -2.05. The first kappa shape index (κ1) is 15.3. The SMILES string of the molecule is Cc1nc2sccn2c1C(=O)N/N=C\c1c(O)ccc2ccccc12. The molecule has 0 aliphatic rings. The molecule has 2 aromatic carbocycles. The van der Waals surface area contributed by atoms with E-state index in [0.29, 0.717) is 17.0 Å². The number of aromatic hydroxyl groups is 1. The maximum absolute atomic E-state index is 12.4. The van der Waals surface area contributed by atoms with Gasteiger partial charge in [-0.25, -0.2) is 10.4 Å². The average Bonchev–Trinajstić information content (AvgIpc) is 3.16. The highest BCUT2D eigenvalue weighted by molar-refractivity contribution is 7.15. The second-order valence-electron chi connectivity index (χ2n) is 5.52. The zero-order valence-electron chi connectivity index (χ0n) is 13.3. The highest BCUT2D eigenvalue weighted by atomic mass is 32.1. The number of phenols is 1. The molecule has 0 bridgehead atoms. The number of nitrogens with zero attached hydrogens (tertiary/aromatic N) is 3. The fraction of sp³-hybridized carbons (Fsp3) is 0.0556. The van der Waals surface area contributed by atoms with Gasteiger partial charge in [-0.2, -0.15) is 5.10 Å². The molecule has 25 heavy (non-hydrogen) atoms. The van der Waals surface area contributed by atoms with Crippen LogP contribution in [0.15, 0.2) is 53.1 Å². The normalized spacial score (nSPS) is 11.6. The van der Waals surface area contributed by atoms with Crippen LogP contribution in [0.4, 0.5) is 0 Å². The molecule has 7 heteroatoms. The van der Waals surface area contributed by atoms with Gasteiger partial charge in [-0.3, -0.25) is 9.20 Å². The van der Waals surface area contributed by atoms with Crippen molar-refractivity contribution in [1.82, 2.24) is 14.8 Å². The summed E-state index contributed by atoms with van der Waals surface area (Å²) in [6.45, 7) is 1.79.